The van der Waals surface area contributed by atoms with Crippen molar-refractivity contribution in [3.8, 4) is 11.5 Å². The van der Waals surface area contributed by atoms with Gasteiger partial charge in [-0.1, -0.05) is 90.4 Å². The van der Waals surface area contributed by atoms with Crippen molar-refractivity contribution < 1.29 is 28.9 Å². The van der Waals surface area contributed by atoms with E-state index in [2.05, 4.69) is 6.92 Å². The fraction of sp³-hybridized carbons (Fsp3) is 0.600. The lowest BCUT2D eigenvalue weighted by Gasteiger charge is -2.08. The van der Waals surface area contributed by atoms with Crippen LogP contribution >= 0.6 is 0 Å². The number of aliphatic hydroxyl groups excluding tert-OH is 1. The molecule has 228 valence electrons. The average Bonchev–Trinajstić information content (AvgIpc) is 2.99. The van der Waals surface area contributed by atoms with E-state index < -0.39 is 11.9 Å². The zero-order valence-electron chi connectivity index (χ0n) is 25.2. The fourth-order valence-corrected chi connectivity index (χ4v) is 4.64. The highest BCUT2D eigenvalue weighted by Gasteiger charge is 2.11. The summed E-state index contributed by atoms with van der Waals surface area (Å²) in [4.78, 5) is 24.6. The summed E-state index contributed by atoms with van der Waals surface area (Å²) < 4.78 is 16.5. The van der Waals surface area contributed by atoms with Crippen molar-refractivity contribution in [2.24, 2.45) is 0 Å². The molecule has 1 N–H and O–H groups in total. The predicted octanol–water partition coefficient (Wildman–Crippen LogP) is 9.09. The number of hydrogen-bond acceptors (Lipinski definition) is 6. The lowest BCUT2D eigenvalue weighted by Crippen LogP contribution is -2.09. The Morgan fingerprint density at radius 2 is 0.976 bits per heavy atom. The maximum absolute atomic E-state index is 12.5. The predicted molar refractivity (Wildman–Crippen MR) is 165 cm³/mol. The van der Waals surface area contributed by atoms with Gasteiger partial charge in [0.15, 0.2) is 0 Å². The largest absolute Gasteiger partial charge is 0.494 e. The number of unbranched alkanes of at least 4 members (excludes halogenated alkanes) is 15. The Hall–Kier alpha value is -2.86. The van der Waals surface area contributed by atoms with Crippen LogP contribution < -0.4 is 9.47 Å². The van der Waals surface area contributed by atoms with Gasteiger partial charge in [-0.2, -0.15) is 0 Å². The number of aliphatic hydroxyl groups is 1. The molecule has 0 amide bonds. The molecule has 0 fully saturated rings. The monoisotopic (exact) mass is 568 g/mol. The van der Waals surface area contributed by atoms with E-state index in [0.717, 1.165) is 18.6 Å². The standard InChI is InChI=1S/C35H52O6/c1-2-3-4-5-6-7-8-9-10-11-12-13-14-17-28-39-32-23-19-31(20-24-32)35(38)41-33-25-21-30(22-26-33)34(37)40-29-18-15-16-27-36/h19-26,36H,2-18,27-29H2,1H3. The van der Waals surface area contributed by atoms with Gasteiger partial charge in [-0.15, -0.1) is 0 Å². The van der Waals surface area contributed by atoms with E-state index >= 15 is 0 Å². The molecule has 2 aromatic rings. The summed E-state index contributed by atoms with van der Waals surface area (Å²) in [5, 5.41) is 8.78. The summed E-state index contributed by atoms with van der Waals surface area (Å²) in [7, 11) is 0. The third-order valence-corrected chi connectivity index (χ3v) is 7.19. The molecule has 0 saturated carbocycles. The molecule has 0 aliphatic heterocycles. The molecular formula is C35H52O6. The molecule has 41 heavy (non-hydrogen) atoms. The first-order valence-electron chi connectivity index (χ1n) is 16.0. The zero-order chi connectivity index (χ0) is 29.4. The first-order chi connectivity index (χ1) is 20.1. The molecule has 0 heterocycles. The number of rotatable bonds is 24. The van der Waals surface area contributed by atoms with E-state index in [-0.39, 0.29) is 6.61 Å². The van der Waals surface area contributed by atoms with Crippen molar-refractivity contribution in [3.05, 3.63) is 59.7 Å². The van der Waals surface area contributed by atoms with Crippen LogP contribution in [0.5, 0.6) is 11.5 Å². The number of esters is 2. The highest BCUT2D eigenvalue weighted by atomic mass is 16.5. The Labute approximate surface area is 247 Å². The molecule has 6 heteroatoms. The van der Waals surface area contributed by atoms with Crippen LogP contribution in [-0.2, 0) is 4.74 Å². The van der Waals surface area contributed by atoms with Gasteiger partial charge in [0.25, 0.3) is 0 Å². The summed E-state index contributed by atoms with van der Waals surface area (Å²) in [6.45, 7) is 3.41. The average molecular weight is 569 g/mol. The molecule has 2 rings (SSSR count). The van der Waals surface area contributed by atoms with E-state index in [1.165, 1.54) is 83.5 Å². The Balaban J connectivity index is 1.53. The summed E-state index contributed by atoms with van der Waals surface area (Å²) in [6.07, 6.45) is 20.9. The molecule has 0 radical (unpaired) electrons. The van der Waals surface area contributed by atoms with Gasteiger partial charge in [0.05, 0.1) is 24.3 Å². The van der Waals surface area contributed by atoms with Crippen molar-refractivity contribution in [2.75, 3.05) is 19.8 Å². The van der Waals surface area contributed by atoms with Crippen LogP contribution in [0.3, 0.4) is 0 Å². The summed E-state index contributed by atoms with van der Waals surface area (Å²) >= 11 is 0. The Morgan fingerprint density at radius 1 is 0.537 bits per heavy atom. The molecule has 0 aromatic heterocycles. The van der Waals surface area contributed by atoms with Crippen LogP contribution in [0.2, 0.25) is 0 Å². The third kappa shape index (κ3) is 16.2. The van der Waals surface area contributed by atoms with Gasteiger partial charge < -0.3 is 19.3 Å². The van der Waals surface area contributed by atoms with E-state index in [1.807, 2.05) is 0 Å². The smallest absolute Gasteiger partial charge is 0.343 e. The molecule has 0 atom stereocenters. The van der Waals surface area contributed by atoms with Gasteiger partial charge in [-0.05, 0) is 74.2 Å². The molecule has 0 bridgehead atoms. The lowest BCUT2D eigenvalue weighted by atomic mass is 10.0. The Bertz CT molecular complexity index is 938. The summed E-state index contributed by atoms with van der Waals surface area (Å²) in [6, 6.07) is 13.3. The summed E-state index contributed by atoms with van der Waals surface area (Å²) in [5.74, 6) is 0.211. The van der Waals surface area contributed by atoms with E-state index in [1.54, 1.807) is 48.5 Å². The molecule has 6 nitrogen and oxygen atoms in total. The zero-order valence-corrected chi connectivity index (χ0v) is 25.2. The maximum Gasteiger partial charge on any atom is 0.343 e. The topological polar surface area (TPSA) is 82.1 Å². The van der Waals surface area contributed by atoms with Crippen LogP contribution in [0.25, 0.3) is 0 Å². The second kappa shape index (κ2) is 22.8. The second-order valence-electron chi connectivity index (χ2n) is 10.8. The van der Waals surface area contributed by atoms with Gasteiger partial charge in [0, 0.05) is 6.61 Å². The molecule has 0 unspecified atom stereocenters. The molecule has 0 aliphatic rings. The van der Waals surface area contributed by atoms with Crippen molar-refractivity contribution in [3.63, 3.8) is 0 Å². The minimum absolute atomic E-state index is 0.144. The number of hydrogen-bond donors (Lipinski definition) is 1. The van der Waals surface area contributed by atoms with Crippen LogP contribution in [0.4, 0.5) is 0 Å². The van der Waals surface area contributed by atoms with Crippen molar-refractivity contribution >= 4 is 11.9 Å². The van der Waals surface area contributed by atoms with Gasteiger partial charge in [-0.3, -0.25) is 0 Å². The SMILES string of the molecule is CCCCCCCCCCCCCCCCOc1ccc(C(=O)Oc2ccc(C(=O)OCCCCCO)cc2)cc1. The lowest BCUT2D eigenvalue weighted by molar-refractivity contribution is 0.0496. The fourth-order valence-electron chi connectivity index (χ4n) is 4.64. The van der Waals surface area contributed by atoms with Gasteiger partial charge >= 0.3 is 11.9 Å². The molecular weight excluding hydrogens is 516 g/mol. The van der Waals surface area contributed by atoms with Crippen LogP contribution in [0.1, 0.15) is 137 Å². The van der Waals surface area contributed by atoms with Crippen LogP contribution in [0, 0.1) is 0 Å². The highest BCUT2D eigenvalue weighted by Crippen LogP contribution is 2.18. The van der Waals surface area contributed by atoms with E-state index in [9.17, 15) is 9.59 Å². The van der Waals surface area contributed by atoms with Gasteiger partial charge in [-0.25, -0.2) is 9.59 Å². The minimum atomic E-state index is -0.470. The van der Waals surface area contributed by atoms with Crippen LogP contribution in [0.15, 0.2) is 48.5 Å². The number of carbonyl (C=O) groups excluding carboxylic acids is 2. The number of benzene rings is 2. The third-order valence-electron chi connectivity index (χ3n) is 7.19. The highest BCUT2D eigenvalue weighted by molar-refractivity contribution is 5.92. The van der Waals surface area contributed by atoms with Gasteiger partial charge in [0.1, 0.15) is 11.5 Å². The van der Waals surface area contributed by atoms with Gasteiger partial charge in [0.2, 0.25) is 0 Å². The minimum Gasteiger partial charge on any atom is -0.494 e. The van der Waals surface area contributed by atoms with E-state index in [4.69, 9.17) is 19.3 Å². The molecule has 0 saturated heterocycles. The molecule has 2 aromatic carbocycles. The molecule has 0 spiro atoms. The first kappa shape index (κ1) is 34.3. The number of ether oxygens (including phenoxy) is 3. The summed E-state index contributed by atoms with van der Waals surface area (Å²) in [5.41, 5.74) is 0.826. The Kier molecular flexibility index (Phi) is 19.1. The molecule has 0 aliphatic carbocycles. The van der Waals surface area contributed by atoms with Crippen molar-refractivity contribution in [1.29, 1.82) is 0 Å². The van der Waals surface area contributed by atoms with Crippen molar-refractivity contribution in [1.82, 2.24) is 0 Å². The van der Waals surface area contributed by atoms with Crippen LogP contribution in [-0.4, -0.2) is 36.9 Å². The second-order valence-corrected chi connectivity index (χ2v) is 10.8. The first-order valence-corrected chi connectivity index (χ1v) is 16.0. The van der Waals surface area contributed by atoms with E-state index in [0.29, 0.717) is 42.9 Å². The normalized spacial score (nSPS) is 10.9. The van der Waals surface area contributed by atoms with Crippen molar-refractivity contribution in [2.45, 2.75) is 116 Å². The Morgan fingerprint density at radius 3 is 1.51 bits per heavy atom. The maximum atomic E-state index is 12.5. The quantitative estimate of drug-likeness (QED) is 0.0772. The number of carbonyl (C=O) groups is 2.